The fourth-order valence-electron chi connectivity index (χ4n) is 3.54. The molecule has 0 spiro atoms. The summed E-state index contributed by atoms with van der Waals surface area (Å²) >= 11 is 0. The van der Waals surface area contributed by atoms with Crippen LogP contribution >= 0.6 is 0 Å². The number of carbonyl (C=O) groups is 4. The second kappa shape index (κ2) is 35.6. The van der Waals surface area contributed by atoms with Crippen LogP contribution in [0.1, 0.15) is 122 Å². The van der Waals surface area contributed by atoms with Gasteiger partial charge in [0.25, 0.3) is 0 Å². The highest BCUT2D eigenvalue weighted by molar-refractivity contribution is 5.90. The van der Waals surface area contributed by atoms with Gasteiger partial charge in [0.15, 0.2) is 5.78 Å². The van der Waals surface area contributed by atoms with E-state index in [-0.39, 0.29) is 43.4 Å². The Morgan fingerprint density at radius 3 is 1.92 bits per heavy atom. The van der Waals surface area contributed by atoms with Gasteiger partial charge in [0, 0.05) is 38.2 Å². The molecule has 1 fully saturated rings. The number of hydrogen-bond donors (Lipinski definition) is 4. The van der Waals surface area contributed by atoms with Crippen LogP contribution in [-0.2, 0) is 30.5 Å². The molecule has 2 rings (SSSR count). The highest BCUT2D eigenvalue weighted by Gasteiger charge is 2.37. The van der Waals surface area contributed by atoms with Gasteiger partial charge in [0.05, 0.1) is 18.8 Å². The first-order valence-corrected chi connectivity index (χ1v) is 18.2. The Hall–Kier alpha value is -3.26. The molecule has 296 valence electrons. The Morgan fingerprint density at radius 2 is 1.46 bits per heavy atom. The average Bonchev–Trinajstić information content (AvgIpc) is 3.16. The van der Waals surface area contributed by atoms with Crippen LogP contribution in [-0.4, -0.2) is 107 Å². The number of aliphatic hydroxyl groups excluding tert-OH is 3. The highest BCUT2D eigenvalue weighted by atomic mass is 16.7. The van der Waals surface area contributed by atoms with E-state index in [1.54, 1.807) is 26.0 Å². The molecule has 1 aromatic carbocycles. The monoisotopic (exact) mass is 720 g/mol. The third-order valence-corrected chi connectivity index (χ3v) is 6.24. The Kier molecular flexibility index (Phi) is 39.9. The minimum Gasteiger partial charge on any atom is -0.464 e. The van der Waals surface area contributed by atoms with Crippen LogP contribution in [0.25, 0.3) is 0 Å². The molecule has 0 saturated carbocycles. The van der Waals surface area contributed by atoms with E-state index in [2.05, 4.69) is 5.32 Å². The minimum absolute atomic E-state index is 0.0811. The van der Waals surface area contributed by atoms with Crippen LogP contribution < -0.4 is 10.1 Å². The van der Waals surface area contributed by atoms with E-state index in [1.807, 2.05) is 83.1 Å². The van der Waals surface area contributed by atoms with Gasteiger partial charge in [-0.15, -0.1) is 0 Å². The van der Waals surface area contributed by atoms with Crippen molar-refractivity contribution in [1.29, 1.82) is 0 Å². The van der Waals surface area contributed by atoms with Gasteiger partial charge in [0.2, 0.25) is 18.1 Å². The van der Waals surface area contributed by atoms with Gasteiger partial charge in [-0.3, -0.25) is 14.4 Å². The molecule has 0 aromatic heterocycles. The molecule has 13 nitrogen and oxygen atoms in total. The van der Waals surface area contributed by atoms with E-state index in [9.17, 15) is 34.5 Å². The summed E-state index contributed by atoms with van der Waals surface area (Å²) in [5, 5.41) is 32.1. The zero-order valence-electron chi connectivity index (χ0n) is 34.2. The fourth-order valence-corrected chi connectivity index (χ4v) is 3.54. The van der Waals surface area contributed by atoms with Gasteiger partial charge in [0.1, 0.15) is 31.1 Å². The highest BCUT2D eigenvalue weighted by Crippen LogP contribution is 2.29. The summed E-state index contributed by atoms with van der Waals surface area (Å²) in [6.45, 7) is 27.5. The summed E-state index contributed by atoms with van der Waals surface area (Å²) in [4.78, 5) is 50.7. The van der Waals surface area contributed by atoms with Crippen molar-refractivity contribution >= 4 is 29.4 Å². The summed E-state index contributed by atoms with van der Waals surface area (Å²) in [5.74, 6) is -0.661. The van der Waals surface area contributed by atoms with Crippen LogP contribution in [0.2, 0.25) is 0 Å². The number of nitrogens with zero attached hydrogens (tertiary/aromatic N) is 2. The largest absolute Gasteiger partial charge is 0.464 e. The van der Waals surface area contributed by atoms with Gasteiger partial charge < -0.3 is 44.6 Å². The lowest BCUT2D eigenvalue weighted by Crippen LogP contribution is -2.51. The normalized spacial score (nSPS) is 17.2. The van der Waals surface area contributed by atoms with Crippen molar-refractivity contribution in [3.63, 3.8) is 0 Å². The van der Waals surface area contributed by atoms with Crippen molar-refractivity contribution in [1.82, 2.24) is 9.80 Å². The maximum Gasteiger partial charge on any atom is 0.410 e. The number of rotatable bonds is 11. The number of likely N-dealkylation sites (N-methyl/N-ethyl adjacent to an activating group) is 2. The first-order valence-electron chi connectivity index (χ1n) is 18.2. The quantitative estimate of drug-likeness (QED) is 0.200. The number of aliphatic hydroxyl groups is 3. The number of nitrogens with one attached hydrogen (secondary N) is 1. The topological polar surface area (TPSA) is 175 Å². The van der Waals surface area contributed by atoms with E-state index in [4.69, 9.17) is 14.2 Å². The van der Waals surface area contributed by atoms with Crippen molar-refractivity contribution in [3.05, 3.63) is 23.8 Å². The lowest BCUT2D eigenvalue weighted by molar-refractivity contribution is -0.230. The second-order valence-electron chi connectivity index (χ2n) is 9.12. The lowest BCUT2D eigenvalue weighted by Gasteiger charge is -2.36. The van der Waals surface area contributed by atoms with Crippen molar-refractivity contribution in [2.75, 3.05) is 32.6 Å². The van der Waals surface area contributed by atoms with Crippen LogP contribution in [0.4, 0.5) is 10.5 Å². The molecule has 4 N–H and O–H groups in total. The van der Waals surface area contributed by atoms with E-state index < -0.39 is 49.3 Å². The van der Waals surface area contributed by atoms with Gasteiger partial charge >= 0.3 is 6.09 Å². The van der Waals surface area contributed by atoms with Crippen molar-refractivity contribution < 1.29 is 48.7 Å². The smallest absolute Gasteiger partial charge is 0.410 e. The maximum absolute atomic E-state index is 12.6. The van der Waals surface area contributed by atoms with Gasteiger partial charge in [-0.25, -0.2) is 4.79 Å². The van der Waals surface area contributed by atoms with Gasteiger partial charge in [-0.1, -0.05) is 90.0 Å². The van der Waals surface area contributed by atoms with E-state index in [0.29, 0.717) is 11.3 Å². The zero-order valence-corrected chi connectivity index (χ0v) is 34.2. The Labute approximate surface area is 303 Å². The zero-order chi connectivity index (χ0) is 40.6. The minimum atomic E-state index is -1.28. The average molecular weight is 720 g/mol. The number of ether oxygens (including phenoxy) is 3. The number of benzene rings is 1. The number of hydrogen-bond acceptors (Lipinski definition) is 10. The van der Waals surface area contributed by atoms with E-state index in [0.717, 1.165) is 4.90 Å². The Morgan fingerprint density at radius 1 is 0.940 bits per heavy atom. The summed E-state index contributed by atoms with van der Waals surface area (Å²) in [6, 6.07) is 4.00. The number of Topliss-reactive ketones (excluding diaryl/α,β-unsaturated/α-hetero) is 1. The van der Waals surface area contributed by atoms with Crippen LogP contribution in [0.5, 0.6) is 5.75 Å². The number of carbonyl (C=O) groups excluding carboxylic acids is 4. The molecule has 0 aliphatic carbocycles. The van der Waals surface area contributed by atoms with Crippen molar-refractivity contribution in [3.8, 4) is 5.75 Å². The predicted octanol–water partition coefficient (Wildman–Crippen LogP) is 6.40. The summed E-state index contributed by atoms with van der Waals surface area (Å²) in [6.07, 6.45) is -5.19. The lowest BCUT2D eigenvalue weighted by atomic mass is 10.0. The second-order valence-corrected chi connectivity index (χ2v) is 9.12. The Bertz CT molecular complexity index is 1010. The SMILES string of the molecule is CC.CC.CC.CC.CC.CC.CCC(=O)Nc1ccc(OC2CC(O)C(O)C(CO)O2)c(COC(=O)N(C)CC(=O)N(C)[C@@H](C)C(C)=O)c1. The van der Waals surface area contributed by atoms with Crippen molar-refractivity contribution in [2.45, 2.75) is 154 Å². The fraction of sp³-hybridized carbons (Fsp3) is 0.730. The first-order chi connectivity index (χ1) is 23.9. The molecule has 1 heterocycles. The molecule has 50 heavy (non-hydrogen) atoms. The molecular formula is C37H73N3O10. The molecule has 1 aliphatic heterocycles. The maximum atomic E-state index is 12.6. The van der Waals surface area contributed by atoms with Crippen LogP contribution in [0.15, 0.2) is 18.2 Å². The number of ketones is 1. The third-order valence-electron chi connectivity index (χ3n) is 6.24. The van der Waals surface area contributed by atoms with Crippen LogP contribution in [0, 0.1) is 0 Å². The van der Waals surface area contributed by atoms with Gasteiger partial charge in [-0.05, 0) is 32.0 Å². The molecular weight excluding hydrogens is 646 g/mol. The molecule has 1 saturated heterocycles. The summed E-state index contributed by atoms with van der Waals surface area (Å²) < 4.78 is 16.7. The molecule has 5 atom stereocenters. The van der Waals surface area contributed by atoms with E-state index in [1.165, 1.54) is 32.0 Å². The standard InChI is InChI=1S/C25H37N3O10.6C2H6/c1-6-21(32)26-17-7-8-19(37-23-10-18(31)24(34)20(12-29)38-23)16(9-17)13-36-25(35)27(4)11-22(33)28(5)14(2)15(3)30;6*1-2/h7-9,14,18,20,23-24,29,31,34H,6,10-13H2,1-5H3,(H,26,32);6*1-2H3/t14-,18?,20?,23?,24?;;;;;;/m0....../s1. The molecule has 0 bridgehead atoms. The molecule has 1 aliphatic rings. The van der Waals surface area contributed by atoms with Gasteiger partial charge in [-0.2, -0.15) is 0 Å². The van der Waals surface area contributed by atoms with Crippen molar-refractivity contribution in [2.24, 2.45) is 0 Å². The third kappa shape index (κ3) is 21.7. The predicted molar refractivity (Wildman–Crippen MR) is 202 cm³/mol. The van der Waals surface area contributed by atoms with Crippen LogP contribution in [0.3, 0.4) is 0 Å². The molecule has 3 amide bonds. The molecule has 4 unspecified atom stereocenters. The van der Waals surface area contributed by atoms with E-state index >= 15 is 0 Å². The summed E-state index contributed by atoms with van der Waals surface area (Å²) in [7, 11) is 2.84. The Balaban J connectivity index is -0.000000506. The summed E-state index contributed by atoms with van der Waals surface area (Å²) in [5.41, 5.74) is 0.769. The molecule has 13 heteroatoms. The first kappa shape index (κ1) is 56.1. The molecule has 0 radical (unpaired) electrons. The number of anilines is 1. The molecule has 1 aromatic rings. The number of amides is 3.